The minimum atomic E-state index is -4.72. The zero-order valence-corrected chi connectivity index (χ0v) is 21.7. The zero-order valence-electron chi connectivity index (χ0n) is 20.2. The van der Waals surface area contributed by atoms with E-state index in [1.165, 1.54) is 5.01 Å². The fourth-order valence-corrected chi connectivity index (χ4v) is 4.57. The summed E-state index contributed by atoms with van der Waals surface area (Å²) in [6.45, 7) is 4.41. The molecule has 0 radical (unpaired) electrons. The van der Waals surface area contributed by atoms with Crippen LogP contribution in [0, 0.1) is 5.41 Å². The van der Waals surface area contributed by atoms with Gasteiger partial charge in [-0.15, -0.1) is 0 Å². The number of hydrogen-bond acceptors (Lipinski definition) is 5. The SMILES string of the molecule is C=C(Cl)CC1(C(=O)OCC)CN(CC(=O)Nc2ccc(C(F)(F)F)cc2)N=C1c1ccc(C(F)(F)F)c(Cl)c1. The predicted molar refractivity (Wildman–Crippen MR) is 133 cm³/mol. The normalized spacial score (nSPS) is 17.6. The number of esters is 1. The van der Waals surface area contributed by atoms with Gasteiger partial charge in [0.1, 0.15) is 12.0 Å². The Bertz CT molecular complexity index is 1300. The zero-order chi connectivity index (χ0) is 29.2. The van der Waals surface area contributed by atoms with Crippen molar-refractivity contribution in [3.63, 3.8) is 0 Å². The van der Waals surface area contributed by atoms with E-state index in [4.69, 9.17) is 27.9 Å². The van der Waals surface area contributed by atoms with Gasteiger partial charge in [0.15, 0.2) is 0 Å². The number of nitrogens with zero attached hydrogens (tertiary/aromatic N) is 2. The Balaban J connectivity index is 1.95. The molecule has 6 nitrogen and oxygen atoms in total. The molecule has 1 aliphatic heterocycles. The molecule has 1 aliphatic rings. The second kappa shape index (κ2) is 11.5. The van der Waals surface area contributed by atoms with Gasteiger partial charge in [-0.1, -0.05) is 35.8 Å². The number of alkyl halides is 6. The van der Waals surface area contributed by atoms with Crippen LogP contribution in [0.15, 0.2) is 59.2 Å². The third kappa shape index (κ3) is 7.04. The van der Waals surface area contributed by atoms with Crippen molar-refractivity contribution in [1.82, 2.24) is 5.01 Å². The van der Waals surface area contributed by atoms with E-state index in [0.717, 1.165) is 42.5 Å². The molecule has 14 heteroatoms. The minimum absolute atomic E-state index is 0.0183. The third-order valence-electron chi connectivity index (χ3n) is 5.68. The van der Waals surface area contributed by atoms with E-state index in [2.05, 4.69) is 17.0 Å². The molecule has 1 atom stereocenters. The Kier molecular flexibility index (Phi) is 8.91. The lowest BCUT2D eigenvalue weighted by molar-refractivity contribution is -0.151. The van der Waals surface area contributed by atoms with Crippen LogP contribution < -0.4 is 5.32 Å². The number of carbonyl (C=O) groups is 2. The minimum Gasteiger partial charge on any atom is -0.465 e. The number of carbonyl (C=O) groups excluding carboxylic acids is 2. The standard InChI is InChI=1S/C25H21Cl2F6N3O3/c1-3-39-22(38)23(11-14(2)26)13-36(12-20(37)34-17-7-5-16(6-8-17)24(28,29)30)35-21(23)15-4-9-18(19(27)10-15)25(31,32)33/h4-10H,2-3,11-13H2,1H3,(H,34,37). The van der Waals surface area contributed by atoms with E-state index < -0.39 is 52.3 Å². The maximum Gasteiger partial charge on any atom is 0.417 e. The number of nitrogens with one attached hydrogen (secondary N) is 1. The maximum absolute atomic E-state index is 13.2. The maximum atomic E-state index is 13.2. The van der Waals surface area contributed by atoms with Gasteiger partial charge in [-0.05, 0) is 43.3 Å². The molecule has 0 aromatic heterocycles. The monoisotopic (exact) mass is 595 g/mol. The van der Waals surface area contributed by atoms with Gasteiger partial charge in [-0.25, -0.2) is 0 Å². The van der Waals surface area contributed by atoms with Crippen molar-refractivity contribution in [2.24, 2.45) is 10.5 Å². The first-order valence-corrected chi connectivity index (χ1v) is 12.0. The lowest BCUT2D eigenvalue weighted by Gasteiger charge is -2.28. The summed E-state index contributed by atoms with van der Waals surface area (Å²) in [4.78, 5) is 25.9. The van der Waals surface area contributed by atoms with Gasteiger partial charge in [0.2, 0.25) is 5.91 Å². The topological polar surface area (TPSA) is 71.0 Å². The number of anilines is 1. The summed E-state index contributed by atoms with van der Waals surface area (Å²) >= 11 is 12.0. The van der Waals surface area contributed by atoms with Crippen LogP contribution in [0.3, 0.4) is 0 Å². The summed E-state index contributed by atoms with van der Waals surface area (Å²) in [6, 6.07) is 6.58. The average Bonchev–Trinajstić information content (AvgIpc) is 3.16. The second-order valence-electron chi connectivity index (χ2n) is 8.58. The van der Waals surface area contributed by atoms with Crippen molar-refractivity contribution in [3.8, 4) is 0 Å². The number of amides is 1. The highest BCUT2D eigenvalue weighted by molar-refractivity contribution is 6.32. The molecule has 0 fully saturated rings. The molecule has 0 bridgehead atoms. The Morgan fingerprint density at radius 1 is 1.10 bits per heavy atom. The van der Waals surface area contributed by atoms with Crippen LogP contribution in [0.2, 0.25) is 5.02 Å². The summed E-state index contributed by atoms with van der Waals surface area (Å²) in [6.07, 6.45) is -9.49. The highest BCUT2D eigenvalue weighted by atomic mass is 35.5. The van der Waals surface area contributed by atoms with Crippen LogP contribution in [0.5, 0.6) is 0 Å². The molecule has 1 heterocycles. The molecule has 210 valence electrons. The van der Waals surface area contributed by atoms with Gasteiger partial charge >= 0.3 is 18.3 Å². The lowest BCUT2D eigenvalue weighted by atomic mass is 9.77. The van der Waals surface area contributed by atoms with E-state index in [9.17, 15) is 35.9 Å². The van der Waals surface area contributed by atoms with Crippen molar-refractivity contribution < 1.29 is 40.7 Å². The summed E-state index contributed by atoms with van der Waals surface area (Å²) < 4.78 is 83.3. The molecule has 1 unspecified atom stereocenters. The van der Waals surface area contributed by atoms with Crippen LogP contribution >= 0.6 is 23.2 Å². The molecule has 39 heavy (non-hydrogen) atoms. The summed E-state index contributed by atoms with van der Waals surface area (Å²) in [5.74, 6) is -1.49. The van der Waals surface area contributed by atoms with Crippen molar-refractivity contribution in [1.29, 1.82) is 0 Å². The summed E-state index contributed by atoms with van der Waals surface area (Å²) in [5, 5.41) is 7.32. The first-order chi connectivity index (χ1) is 18.1. The molecule has 0 spiro atoms. The average molecular weight is 596 g/mol. The van der Waals surface area contributed by atoms with Gasteiger partial charge in [-0.3, -0.25) is 14.6 Å². The highest BCUT2D eigenvalue weighted by Crippen LogP contribution is 2.41. The van der Waals surface area contributed by atoms with Gasteiger partial charge in [0.05, 0.1) is 35.0 Å². The fourth-order valence-electron chi connectivity index (χ4n) is 4.06. The van der Waals surface area contributed by atoms with Crippen LogP contribution in [0.1, 0.15) is 30.0 Å². The number of rotatable bonds is 8. The van der Waals surface area contributed by atoms with Gasteiger partial charge < -0.3 is 10.1 Å². The quantitative estimate of drug-likeness (QED) is 0.271. The van der Waals surface area contributed by atoms with Crippen molar-refractivity contribution in [3.05, 3.63) is 75.8 Å². The van der Waals surface area contributed by atoms with Gasteiger partial charge in [0, 0.05) is 22.7 Å². The van der Waals surface area contributed by atoms with Crippen LogP contribution in [-0.4, -0.2) is 42.3 Å². The van der Waals surface area contributed by atoms with Crippen LogP contribution in [0.4, 0.5) is 32.0 Å². The Morgan fingerprint density at radius 2 is 1.74 bits per heavy atom. The van der Waals surface area contributed by atoms with Crippen molar-refractivity contribution in [2.75, 3.05) is 25.0 Å². The van der Waals surface area contributed by atoms with E-state index in [0.29, 0.717) is 0 Å². The van der Waals surface area contributed by atoms with E-state index in [1.807, 2.05) is 0 Å². The molecule has 0 aliphatic carbocycles. The highest BCUT2D eigenvalue weighted by Gasteiger charge is 2.51. The van der Waals surface area contributed by atoms with Crippen molar-refractivity contribution >= 4 is 46.5 Å². The summed E-state index contributed by atoms with van der Waals surface area (Å²) in [5.41, 5.74) is -3.54. The van der Waals surface area contributed by atoms with E-state index >= 15 is 0 Å². The molecule has 2 aromatic carbocycles. The number of ether oxygens (including phenoxy) is 1. The fraction of sp³-hybridized carbons (Fsp3) is 0.320. The molecule has 0 saturated heterocycles. The lowest BCUT2D eigenvalue weighted by Crippen LogP contribution is -2.44. The number of allylic oxidation sites excluding steroid dienone is 1. The Labute approximate surface area is 229 Å². The smallest absolute Gasteiger partial charge is 0.417 e. The first kappa shape index (κ1) is 30.3. The second-order valence-corrected chi connectivity index (χ2v) is 9.53. The molecule has 1 amide bonds. The number of hydrogen-bond donors (Lipinski definition) is 1. The first-order valence-electron chi connectivity index (χ1n) is 11.3. The third-order valence-corrected chi connectivity index (χ3v) is 6.12. The van der Waals surface area contributed by atoms with Gasteiger partial charge in [-0.2, -0.15) is 31.4 Å². The predicted octanol–water partition coefficient (Wildman–Crippen LogP) is 6.73. The number of benzene rings is 2. The molecule has 2 aromatic rings. The molecular formula is C25H21Cl2F6N3O3. The van der Waals surface area contributed by atoms with Gasteiger partial charge in [0.25, 0.3) is 0 Å². The molecule has 3 rings (SSSR count). The summed E-state index contributed by atoms with van der Waals surface area (Å²) in [7, 11) is 0. The van der Waals surface area contributed by atoms with Crippen LogP contribution in [0.25, 0.3) is 0 Å². The molecule has 0 saturated carbocycles. The van der Waals surface area contributed by atoms with E-state index in [1.54, 1.807) is 6.92 Å². The van der Waals surface area contributed by atoms with E-state index in [-0.39, 0.29) is 41.6 Å². The van der Waals surface area contributed by atoms with Crippen molar-refractivity contribution in [2.45, 2.75) is 25.7 Å². The molecule has 1 N–H and O–H groups in total. The largest absolute Gasteiger partial charge is 0.465 e. The number of hydrazone groups is 1. The van der Waals surface area contributed by atoms with Crippen LogP contribution in [-0.2, 0) is 26.7 Å². The molecular weight excluding hydrogens is 575 g/mol. The Hall–Kier alpha value is -3.25. The number of halogens is 8. The Morgan fingerprint density at radius 3 is 2.26 bits per heavy atom.